The molecular weight excluding hydrogens is 460 g/mol. The minimum atomic E-state index is -4.49. The van der Waals surface area contributed by atoms with Crippen molar-refractivity contribution in [1.82, 2.24) is 5.32 Å². The number of nitrogens with one attached hydrogen (secondary N) is 1. The van der Waals surface area contributed by atoms with E-state index in [0.717, 1.165) is 12.1 Å². The standard InChI is InChI=1S/C25H27F6NO2/c1-14(2)9-21(23(33)34)19-11-17(15-3-6-20(7-4-15)24(26,27)28)10-18(12-19)16-5-8-22(32-13-16)25(29,30)31/h3-4,6-7,10-12,14,16,21-22,32H,5,8-9,13H2,1-2H3,(H,33,34)/t16?,21-,22?/m1/s1. The quantitative estimate of drug-likeness (QED) is 0.432. The number of rotatable bonds is 6. The van der Waals surface area contributed by atoms with E-state index in [9.17, 15) is 36.2 Å². The smallest absolute Gasteiger partial charge is 0.416 e. The fourth-order valence-electron chi connectivity index (χ4n) is 4.40. The fourth-order valence-corrected chi connectivity index (χ4v) is 4.40. The average Bonchev–Trinajstić information content (AvgIpc) is 2.76. The first-order chi connectivity index (χ1) is 15.8. The Hall–Kier alpha value is -2.55. The molecule has 1 fully saturated rings. The van der Waals surface area contributed by atoms with Crippen LogP contribution in [0.15, 0.2) is 42.5 Å². The molecule has 0 radical (unpaired) electrons. The van der Waals surface area contributed by atoms with Gasteiger partial charge in [-0.05, 0) is 65.5 Å². The van der Waals surface area contributed by atoms with Crippen LogP contribution in [-0.4, -0.2) is 29.8 Å². The summed E-state index contributed by atoms with van der Waals surface area (Å²) in [5.74, 6) is -2.07. The van der Waals surface area contributed by atoms with E-state index in [1.165, 1.54) is 12.1 Å². The molecule has 3 nitrogen and oxygen atoms in total. The highest BCUT2D eigenvalue weighted by atomic mass is 19.4. The van der Waals surface area contributed by atoms with Gasteiger partial charge in [0, 0.05) is 6.54 Å². The molecule has 1 aliphatic rings. The van der Waals surface area contributed by atoms with Gasteiger partial charge in [-0.2, -0.15) is 26.3 Å². The van der Waals surface area contributed by atoms with Gasteiger partial charge in [-0.25, -0.2) is 0 Å². The van der Waals surface area contributed by atoms with Crippen LogP contribution in [0.4, 0.5) is 26.3 Å². The summed E-state index contributed by atoms with van der Waals surface area (Å²) in [4.78, 5) is 12.0. The maximum atomic E-state index is 13.0. The number of benzene rings is 2. The predicted molar refractivity (Wildman–Crippen MR) is 117 cm³/mol. The maximum Gasteiger partial charge on any atom is 0.416 e. The molecule has 1 aliphatic heterocycles. The first-order valence-electron chi connectivity index (χ1n) is 11.1. The predicted octanol–water partition coefficient (Wildman–Crippen LogP) is 6.98. The van der Waals surface area contributed by atoms with E-state index in [4.69, 9.17) is 0 Å². The summed E-state index contributed by atoms with van der Waals surface area (Å²) in [5.41, 5.74) is 1.38. The molecule has 0 bridgehead atoms. The van der Waals surface area contributed by atoms with Crippen LogP contribution >= 0.6 is 0 Å². The number of carboxylic acid groups (broad SMARTS) is 1. The molecule has 3 atom stereocenters. The van der Waals surface area contributed by atoms with Crippen molar-refractivity contribution in [3.63, 3.8) is 0 Å². The zero-order valence-electron chi connectivity index (χ0n) is 18.8. The summed E-state index contributed by atoms with van der Waals surface area (Å²) in [6.07, 6.45) is -8.33. The van der Waals surface area contributed by atoms with E-state index < -0.39 is 35.8 Å². The largest absolute Gasteiger partial charge is 0.481 e. The summed E-state index contributed by atoms with van der Waals surface area (Å²) in [6.45, 7) is 3.85. The topological polar surface area (TPSA) is 49.3 Å². The second-order valence-corrected chi connectivity index (χ2v) is 9.26. The third-order valence-corrected chi connectivity index (χ3v) is 6.21. The minimum Gasteiger partial charge on any atom is -0.481 e. The highest BCUT2D eigenvalue weighted by Crippen LogP contribution is 2.37. The van der Waals surface area contributed by atoms with Crippen LogP contribution in [0.2, 0.25) is 0 Å². The van der Waals surface area contributed by atoms with Crippen LogP contribution in [0.5, 0.6) is 0 Å². The van der Waals surface area contributed by atoms with Crippen molar-refractivity contribution in [3.05, 3.63) is 59.2 Å². The zero-order valence-corrected chi connectivity index (χ0v) is 18.8. The Morgan fingerprint density at radius 1 is 1.00 bits per heavy atom. The molecule has 3 rings (SSSR count). The average molecular weight is 487 g/mol. The SMILES string of the molecule is CC(C)C[C@@H](C(=O)O)c1cc(-c2ccc(C(F)(F)F)cc2)cc(C2CCC(C(F)(F)F)NC2)c1. The van der Waals surface area contributed by atoms with E-state index >= 15 is 0 Å². The Balaban J connectivity index is 2.01. The van der Waals surface area contributed by atoms with Crippen LogP contribution in [-0.2, 0) is 11.0 Å². The van der Waals surface area contributed by atoms with Crippen molar-refractivity contribution in [3.8, 4) is 11.1 Å². The third-order valence-electron chi connectivity index (χ3n) is 6.21. The lowest BCUT2D eigenvalue weighted by atomic mass is 9.82. The second-order valence-electron chi connectivity index (χ2n) is 9.26. The second kappa shape index (κ2) is 9.98. The first-order valence-corrected chi connectivity index (χ1v) is 11.1. The summed E-state index contributed by atoms with van der Waals surface area (Å²) in [7, 11) is 0. The molecule has 0 aliphatic carbocycles. The van der Waals surface area contributed by atoms with Crippen molar-refractivity contribution in [1.29, 1.82) is 0 Å². The Labute approximate surface area is 194 Å². The lowest BCUT2D eigenvalue weighted by molar-refractivity contribution is -0.160. The fraction of sp³-hybridized carbons (Fsp3) is 0.480. The van der Waals surface area contributed by atoms with Crippen LogP contribution in [0.25, 0.3) is 11.1 Å². The van der Waals surface area contributed by atoms with Gasteiger partial charge < -0.3 is 10.4 Å². The molecule has 0 spiro atoms. The number of halogens is 6. The van der Waals surface area contributed by atoms with Crippen molar-refractivity contribution in [2.24, 2.45) is 5.92 Å². The molecule has 2 aromatic carbocycles. The number of piperidine rings is 1. The van der Waals surface area contributed by atoms with Gasteiger partial charge in [-0.1, -0.05) is 44.2 Å². The van der Waals surface area contributed by atoms with E-state index in [-0.39, 0.29) is 31.2 Å². The molecule has 0 amide bonds. The van der Waals surface area contributed by atoms with Gasteiger partial charge in [0.05, 0.1) is 11.5 Å². The van der Waals surface area contributed by atoms with E-state index in [2.05, 4.69) is 5.32 Å². The first kappa shape index (κ1) is 26.1. The van der Waals surface area contributed by atoms with Crippen LogP contribution in [0.3, 0.4) is 0 Å². The minimum absolute atomic E-state index is 0.0714. The lowest BCUT2D eigenvalue weighted by Crippen LogP contribution is -2.47. The summed E-state index contributed by atoms with van der Waals surface area (Å²) in [6, 6.07) is 8.08. The maximum absolute atomic E-state index is 13.0. The zero-order chi connectivity index (χ0) is 25.3. The highest BCUT2D eigenvalue weighted by molar-refractivity contribution is 5.77. The van der Waals surface area contributed by atoms with Gasteiger partial charge in [-0.3, -0.25) is 4.79 Å². The summed E-state index contributed by atoms with van der Waals surface area (Å²) < 4.78 is 78.1. The Morgan fingerprint density at radius 2 is 1.65 bits per heavy atom. The van der Waals surface area contributed by atoms with E-state index in [1.807, 2.05) is 13.8 Å². The van der Waals surface area contributed by atoms with Crippen molar-refractivity contribution in [2.75, 3.05) is 6.54 Å². The van der Waals surface area contributed by atoms with Crippen LogP contribution < -0.4 is 5.32 Å². The van der Waals surface area contributed by atoms with Crippen LogP contribution in [0.1, 0.15) is 61.6 Å². The normalized spacial score (nSPS) is 20.4. The third kappa shape index (κ3) is 6.31. The molecule has 1 heterocycles. The Kier molecular flexibility index (Phi) is 7.65. The van der Waals surface area contributed by atoms with Crippen molar-refractivity contribution >= 4 is 5.97 Å². The van der Waals surface area contributed by atoms with Gasteiger partial charge >= 0.3 is 18.3 Å². The molecule has 2 N–H and O–H groups in total. The number of carboxylic acids is 1. The molecule has 0 aromatic heterocycles. The molecule has 2 unspecified atom stereocenters. The van der Waals surface area contributed by atoms with Crippen molar-refractivity contribution < 1.29 is 36.2 Å². The van der Waals surface area contributed by atoms with Crippen molar-refractivity contribution in [2.45, 2.75) is 63.3 Å². The molecule has 9 heteroatoms. The van der Waals surface area contributed by atoms with Gasteiger partial charge in [0.25, 0.3) is 0 Å². The number of aliphatic carboxylic acids is 1. The van der Waals surface area contributed by atoms with E-state index in [1.54, 1.807) is 18.2 Å². The van der Waals surface area contributed by atoms with Crippen LogP contribution in [0, 0.1) is 5.92 Å². The van der Waals surface area contributed by atoms with Gasteiger partial charge in [0.2, 0.25) is 0 Å². The molecule has 186 valence electrons. The van der Waals surface area contributed by atoms with Gasteiger partial charge in [-0.15, -0.1) is 0 Å². The Morgan fingerprint density at radius 3 is 2.12 bits per heavy atom. The lowest BCUT2D eigenvalue weighted by Gasteiger charge is -2.32. The number of carbonyl (C=O) groups is 1. The van der Waals surface area contributed by atoms with Gasteiger partial charge in [0.15, 0.2) is 0 Å². The number of hydrogen-bond donors (Lipinski definition) is 2. The Bertz CT molecular complexity index is 990. The molecule has 2 aromatic rings. The summed E-state index contributed by atoms with van der Waals surface area (Å²) in [5, 5.41) is 12.4. The van der Waals surface area contributed by atoms with E-state index in [0.29, 0.717) is 28.7 Å². The molecule has 34 heavy (non-hydrogen) atoms. The highest BCUT2D eigenvalue weighted by Gasteiger charge is 2.41. The van der Waals surface area contributed by atoms with Gasteiger partial charge in [0.1, 0.15) is 6.04 Å². The molecular formula is C25H27F6NO2. The number of hydrogen-bond acceptors (Lipinski definition) is 2. The molecule has 0 saturated carbocycles. The summed E-state index contributed by atoms with van der Waals surface area (Å²) >= 11 is 0. The molecule has 1 saturated heterocycles. The monoisotopic (exact) mass is 487 g/mol. The number of alkyl halides is 6.